The minimum Gasteiger partial charge on any atom is -0.382 e. The van der Waals surface area contributed by atoms with Crippen LogP contribution in [-0.2, 0) is 24.6 Å². The Labute approximate surface area is 185 Å². The third kappa shape index (κ3) is 3.42. The molecule has 0 spiro atoms. The van der Waals surface area contributed by atoms with Crippen LogP contribution in [0.15, 0.2) is 30.6 Å². The number of amides is 1. The van der Waals surface area contributed by atoms with Gasteiger partial charge < -0.3 is 15.4 Å². The van der Waals surface area contributed by atoms with E-state index in [2.05, 4.69) is 20.1 Å². The number of aromatic nitrogens is 5. The number of nitrogens with two attached hydrogens (primary N) is 1. The molecule has 0 fully saturated rings. The van der Waals surface area contributed by atoms with Gasteiger partial charge in [-0.2, -0.15) is 18.3 Å². The molecule has 33 heavy (non-hydrogen) atoms. The number of halogens is 3. The van der Waals surface area contributed by atoms with Crippen LogP contribution < -0.4 is 5.73 Å². The zero-order valence-corrected chi connectivity index (χ0v) is 17.6. The van der Waals surface area contributed by atoms with Crippen molar-refractivity contribution in [3.05, 3.63) is 53.2 Å². The summed E-state index contributed by atoms with van der Waals surface area (Å²) in [6.45, 7) is 0.0683. The lowest BCUT2D eigenvalue weighted by Gasteiger charge is -2.32. The van der Waals surface area contributed by atoms with Gasteiger partial charge in [0.15, 0.2) is 0 Å². The van der Waals surface area contributed by atoms with Gasteiger partial charge in [-0.15, -0.1) is 0 Å². The number of rotatable bonds is 2. The number of aryl methyl sites for hydroxylation is 1. The van der Waals surface area contributed by atoms with Gasteiger partial charge >= 0.3 is 6.18 Å². The van der Waals surface area contributed by atoms with Crippen molar-refractivity contribution in [1.29, 1.82) is 0 Å². The lowest BCUT2D eigenvalue weighted by molar-refractivity contribution is -0.141. The summed E-state index contributed by atoms with van der Waals surface area (Å²) in [5.41, 5.74) is 7.00. The molecule has 12 heteroatoms. The number of ether oxygens (including phenoxy) is 1. The minimum atomic E-state index is -4.56. The number of pyridine rings is 3. The van der Waals surface area contributed by atoms with E-state index in [9.17, 15) is 18.0 Å². The molecule has 0 saturated heterocycles. The predicted molar refractivity (Wildman–Crippen MR) is 112 cm³/mol. The number of alkyl halides is 3. The molecule has 5 heterocycles. The second-order valence-electron chi connectivity index (χ2n) is 7.79. The summed E-state index contributed by atoms with van der Waals surface area (Å²) in [6.07, 6.45) is -1.46. The first kappa shape index (κ1) is 21.1. The van der Waals surface area contributed by atoms with Crippen LogP contribution in [0, 0.1) is 0 Å². The first-order valence-electron chi connectivity index (χ1n) is 9.94. The second-order valence-corrected chi connectivity index (χ2v) is 7.79. The molecule has 2 N–H and O–H groups in total. The molecule has 4 aromatic rings. The summed E-state index contributed by atoms with van der Waals surface area (Å²) in [4.78, 5) is 26.9. The Morgan fingerprint density at radius 3 is 2.79 bits per heavy atom. The van der Waals surface area contributed by atoms with Gasteiger partial charge in [0.1, 0.15) is 22.7 Å². The van der Waals surface area contributed by atoms with Gasteiger partial charge in [-0.05, 0) is 12.1 Å². The largest absolute Gasteiger partial charge is 0.433 e. The first-order chi connectivity index (χ1) is 15.6. The van der Waals surface area contributed by atoms with Crippen LogP contribution in [0.2, 0.25) is 0 Å². The van der Waals surface area contributed by atoms with Gasteiger partial charge in [-0.1, -0.05) is 6.07 Å². The molecule has 4 aromatic heterocycles. The number of hydrogen-bond donors (Lipinski definition) is 1. The Balaban J connectivity index is 1.52. The molecule has 0 saturated carbocycles. The molecule has 0 aromatic carbocycles. The van der Waals surface area contributed by atoms with E-state index < -0.39 is 23.8 Å². The zero-order valence-electron chi connectivity index (χ0n) is 17.6. The van der Waals surface area contributed by atoms with Crippen molar-refractivity contribution in [2.24, 2.45) is 7.05 Å². The zero-order chi connectivity index (χ0) is 23.5. The molecule has 170 valence electrons. The topological polar surface area (TPSA) is 112 Å². The highest BCUT2D eigenvalue weighted by atomic mass is 19.4. The molecule has 1 amide bonds. The quantitative estimate of drug-likeness (QED) is 0.493. The second kappa shape index (κ2) is 7.37. The van der Waals surface area contributed by atoms with E-state index in [1.165, 1.54) is 17.2 Å². The van der Waals surface area contributed by atoms with Crippen LogP contribution in [0.25, 0.3) is 21.8 Å². The highest BCUT2D eigenvalue weighted by Gasteiger charge is 2.35. The Morgan fingerprint density at radius 1 is 1.24 bits per heavy atom. The maximum atomic E-state index is 13.3. The summed E-state index contributed by atoms with van der Waals surface area (Å²) in [6, 6.07) is 3.26. The highest BCUT2D eigenvalue weighted by Crippen LogP contribution is 2.34. The van der Waals surface area contributed by atoms with Crippen molar-refractivity contribution < 1.29 is 22.7 Å². The number of nitrogen functional groups attached to an aromatic ring is 1. The van der Waals surface area contributed by atoms with Gasteiger partial charge in [0, 0.05) is 30.4 Å². The Hall–Kier alpha value is -3.80. The van der Waals surface area contributed by atoms with Crippen LogP contribution in [-0.4, -0.2) is 49.2 Å². The SMILES string of the molecule is CN(C(=O)c1cc2c(cn1)nc(N)c1c2cnn1C)[C@@H]1COCc2nc(C(F)(F)F)ccc21. The van der Waals surface area contributed by atoms with Crippen LogP contribution in [0.4, 0.5) is 19.0 Å². The summed E-state index contributed by atoms with van der Waals surface area (Å²) in [7, 11) is 3.29. The third-order valence-electron chi connectivity index (χ3n) is 5.78. The molecule has 1 aliphatic heterocycles. The predicted octanol–water partition coefficient (Wildman–Crippen LogP) is 2.86. The molecule has 0 unspecified atom stereocenters. The van der Waals surface area contributed by atoms with Crippen LogP contribution in [0.5, 0.6) is 0 Å². The van der Waals surface area contributed by atoms with Crippen molar-refractivity contribution >= 4 is 33.5 Å². The molecular weight excluding hydrogens is 439 g/mol. The van der Waals surface area contributed by atoms with Gasteiger partial charge in [0.2, 0.25) is 0 Å². The average molecular weight is 457 g/mol. The molecule has 0 radical (unpaired) electrons. The summed E-state index contributed by atoms with van der Waals surface area (Å²) >= 11 is 0. The first-order valence-corrected chi connectivity index (χ1v) is 9.94. The Morgan fingerprint density at radius 2 is 2.03 bits per heavy atom. The number of nitrogens with zero attached hydrogens (tertiary/aromatic N) is 6. The maximum Gasteiger partial charge on any atom is 0.433 e. The van der Waals surface area contributed by atoms with Crippen molar-refractivity contribution in [2.75, 3.05) is 19.4 Å². The number of hydrogen-bond acceptors (Lipinski definition) is 7. The van der Waals surface area contributed by atoms with Crippen LogP contribution in [0.3, 0.4) is 0 Å². The molecule has 1 atom stereocenters. The average Bonchev–Trinajstić information content (AvgIpc) is 3.19. The van der Waals surface area contributed by atoms with E-state index in [0.717, 1.165) is 11.5 Å². The van der Waals surface area contributed by atoms with E-state index in [-0.39, 0.29) is 24.6 Å². The molecular formula is C21H18F3N7O2. The molecule has 5 rings (SSSR count). The van der Waals surface area contributed by atoms with Gasteiger partial charge in [-0.3, -0.25) is 9.48 Å². The Bertz CT molecular complexity index is 1420. The van der Waals surface area contributed by atoms with Gasteiger partial charge in [0.25, 0.3) is 5.91 Å². The standard InChI is InChI=1S/C21H18F3N7O2/c1-30(16-9-33-8-15-10(16)3-4-17(28-15)21(22,23)24)20(32)13-5-11-12-6-27-31(2)18(12)19(25)29-14(11)7-26-13/h3-7,16H,8-9H2,1-2H3,(H2,25,29)/t16-/m1/s1. The van der Waals surface area contributed by atoms with Crippen molar-refractivity contribution in [3.63, 3.8) is 0 Å². The van der Waals surface area contributed by atoms with E-state index in [1.54, 1.807) is 31.0 Å². The van der Waals surface area contributed by atoms with Crippen LogP contribution >= 0.6 is 0 Å². The third-order valence-corrected chi connectivity index (χ3v) is 5.78. The van der Waals surface area contributed by atoms with Crippen molar-refractivity contribution in [3.8, 4) is 0 Å². The maximum absolute atomic E-state index is 13.3. The lowest BCUT2D eigenvalue weighted by Crippen LogP contribution is -2.37. The minimum absolute atomic E-state index is 0.0575. The molecule has 9 nitrogen and oxygen atoms in total. The fraction of sp³-hybridized carbons (Fsp3) is 0.286. The van der Waals surface area contributed by atoms with E-state index in [1.807, 2.05) is 0 Å². The number of carbonyl (C=O) groups excluding carboxylic acids is 1. The molecule has 0 bridgehead atoms. The number of fused-ring (bicyclic) bond motifs is 4. The Kier molecular flexibility index (Phi) is 4.71. The number of likely N-dealkylation sites (N-methyl/N-ethyl adjacent to an activating group) is 1. The normalized spacial score (nSPS) is 16.2. The molecule has 0 aliphatic carbocycles. The van der Waals surface area contributed by atoms with Crippen molar-refractivity contribution in [1.82, 2.24) is 29.6 Å². The van der Waals surface area contributed by atoms with Crippen molar-refractivity contribution in [2.45, 2.75) is 18.8 Å². The van der Waals surface area contributed by atoms with E-state index >= 15 is 0 Å². The van der Waals surface area contributed by atoms with E-state index in [0.29, 0.717) is 27.8 Å². The molecule has 1 aliphatic rings. The summed E-state index contributed by atoms with van der Waals surface area (Å²) in [5.74, 6) is -0.121. The fourth-order valence-electron chi connectivity index (χ4n) is 4.08. The highest BCUT2D eigenvalue weighted by molar-refractivity contribution is 6.09. The number of carbonyl (C=O) groups is 1. The summed E-state index contributed by atoms with van der Waals surface area (Å²) < 4.78 is 46.1. The smallest absolute Gasteiger partial charge is 0.382 e. The monoisotopic (exact) mass is 457 g/mol. The summed E-state index contributed by atoms with van der Waals surface area (Å²) in [5, 5.41) is 5.61. The fourth-order valence-corrected chi connectivity index (χ4v) is 4.08. The van der Waals surface area contributed by atoms with Gasteiger partial charge in [-0.25, -0.2) is 15.0 Å². The van der Waals surface area contributed by atoms with E-state index in [4.69, 9.17) is 10.5 Å². The number of anilines is 1. The van der Waals surface area contributed by atoms with Crippen LogP contribution in [0.1, 0.15) is 33.5 Å². The lowest BCUT2D eigenvalue weighted by atomic mass is 10.0. The van der Waals surface area contributed by atoms with Gasteiger partial charge in [0.05, 0.1) is 42.9 Å².